The maximum Gasteiger partial charge on any atom is 0.336 e. The van der Waals surface area contributed by atoms with Gasteiger partial charge in [-0.3, -0.25) is 10.1 Å². The third-order valence-corrected chi connectivity index (χ3v) is 3.90. The molecule has 0 aromatic heterocycles. The number of nitro benzene ring substituents is 1. The minimum absolute atomic E-state index is 0.0471. The molecule has 0 bridgehead atoms. The largest absolute Gasteiger partial charge is 0.478 e. The van der Waals surface area contributed by atoms with Crippen LogP contribution in [-0.2, 0) is 14.3 Å². The average molecular weight is 346 g/mol. The van der Waals surface area contributed by atoms with E-state index in [0.717, 1.165) is 0 Å². The molecule has 1 aromatic rings. The van der Waals surface area contributed by atoms with Crippen molar-refractivity contribution in [2.75, 3.05) is 6.61 Å². The van der Waals surface area contributed by atoms with Crippen LogP contribution in [0.5, 0.6) is 0 Å². The fourth-order valence-corrected chi connectivity index (χ4v) is 2.91. The summed E-state index contributed by atoms with van der Waals surface area (Å²) >= 11 is 0. The van der Waals surface area contributed by atoms with Crippen LogP contribution in [0.4, 0.5) is 5.69 Å². The molecule has 2 rings (SSSR count). The molecule has 0 radical (unpaired) electrons. The summed E-state index contributed by atoms with van der Waals surface area (Å²) in [4.78, 5) is 34.7. The number of carboxylic acid groups (broad SMARTS) is 1. The molecule has 1 aromatic carbocycles. The Balaban J connectivity index is 2.69. The number of esters is 1. The molecule has 0 amide bonds. The van der Waals surface area contributed by atoms with E-state index < -0.39 is 22.8 Å². The molecule has 8 heteroatoms. The highest BCUT2D eigenvalue weighted by Gasteiger charge is 2.37. The second-order valence-corrected chi connectivity index (χ2v) is 5.51. The average Bonchev–Trinajstić information content (AvgIpc) is 2.53. The van der Waals surface area contributed by atoms with Gasteiger partial charge in [0.05, 0.1) is 28.6 Å². The zero-order valence-electron chi connectivity index (χ0n) is 14.0. The Bertz CT molecular complexity index is 809. The summed E-state index contributed by atoms with van der Waals surface area (Å²) in [6.07, 6.45) is 0. The summed E-state index contributed by atoms with van der Waals surface area (Å²) in [5.41, 5.74) is 1.07. The number of dihydropyridines is 1. The number of nitrogens with one attached hydrogen (secondary N) is 1. The normalized spacial score (nSPS) is 17.2. The number of carbonyl (C=O) groups excluding carboxylic acids is 1. The first kappa shape index (κ1) is 18.2. The van der Waals surface area contributed by atoms with Crippen LogP contribution in [0, 0.1) is 10.1 Å². The number of carbonyl (C=O) groups is 2. The van der Waals surface area contributed by atoms with Gasteiger partial charge >= 0.3 is 11.9 Å². The lowest BCUT2D eigenvalue weighted by molar-refractivity contribution is -0.384. The van der Waals surface area contributed by atoms with Crippen LogP contribution in [-0.4, -0.2) is 28.6 Å². The van der Waals surface area contributed by atoms with E-state index in [9.17, 15) is 24.8 Å². The molecule has 25 heavy (non-hydrogen) atoms. The van der Waals surface area contributed by atoms with Gasteiger partial charge in [0.25, 0.3) is 5.69 Å². The van der Waals surface area contributed by atoms with Gasteiger partial charge in [-0.1, -0.05) is 12.1 Å². The first-order valence-corrected chi connectivity index (χ1v) is 7.61. The number of rotatable bonds is 5. The summed E-state index contributed by atoms with van der Waals surface area (Å²) in [5, 5.41) is 23.6. The van der Waals surface area contributed by atoms with Gasteiger partial charge in [0.1, 0.15) is 0 Å². The molecule has 2 N–H and O–H groups in total. The quantitative estimate of drug-likeness (QED) is 0.477. The van der Waals surface area contributed by atoms with Crippen molar-refractivity contribution >= 4 is 17.6 Å². The van der Waals surface area contributed by atoms with E-state index in [2.05, 4.69) is 5.32 Å². The summed E-state index contributed by atoms with van der Waals surface area (Å²) in [7, 11) is 0. The van der Waals surface area contributed by atoms with Gasteiger partial charge in [-0.2, -0.15) is 0 Å². The predicted octanol–water partition coefficient (Wildman–Crippen LogP) is 2.48. The Kier molecular flexibility index (Phi) is 5.21. The molecule has 1 unspecified atom stereocenters. The molecule has 1 atom stereocenters. The lowest BCUT2D eigenvalue weighted by Gasteiger charge is -2.29. The number of ether oxygens (including phenoxy) is 1. The maximum atomic E-state index is 12.4. The lowest BCUT2D eigenvalue weighted by Crippen LogP contribution is -2.31. The van der Waals surface area contributed by atoms with Crippen molar-refractivity contribution in [3.63, 3.8) is 0 Å². The fourth-order valence-electron chi connectivity index (χ4n) is 2.91. The molecular weight excluding hydrogens is 328 g/mol. The van der Waals surface area contributed by atoms with Gasteiger partial charge in [-0.25, -0.2) is 9.59 Å². The van der Waals surface area contributed by atoms with Crippen LogP contribution in [0.2, 0.25) is 0 Å². The summed E-state index contributed by atoms with van der Waals surface area (Å²) in [6.45, 7) is 4.99. The number of carboxylic acids is 1. The zero-order chi connectivity index (χ0) is 18.7. The first-order chi connectivity index (χ1) is 11.8. The smallest absolute Gasteiger partial charge is 0.336 e. The van der Waals surface area contributed by atoms with Crippen LogP contribution in [0.15, 0.2) is 46.8 Å². The van der Waals surface area contributed by atoms with Crippen molar-refractivity contribution in [1.82, 2.24) is 5.32 Å². The van der Waals surface area contributed by atoms with E-state index in [1.54, 1.807) is 26.8 Å². The van der Waals surface area contributed by atoms with Gasteiger partial charge in [0.15, 0.2) is 0 Å². The standard InChI is InChI=1S/C17H18N2O6/c1-4-25-17(22)14-10(3)18-9(2)13(16(20)21)15(14)11-6-5-7-12(8-11)19(23)24/h5-8,15,18H,4H2,1-3H3,(H,20,21). The molecule has 0 fully saturated rings. The lowest BCUT2D eigenvalue weighted by atomic mass is 9.80. The Labute approximate surface area is 143 Å². The Hall–Kier alpha value is -3.16. The van der Waals surface area contributed by atoms with Crippen LogP contribution in [0.25, 0.3) is 0 Å². The number of nitrogens with zero attached hydrogens (tertiary/aromatic N) is 1. The SMILES string of the molecule is CCOC(=O)C1=C(C)NC(C)=C(C(=O)O)C1c1cccc([N+](=O)[O-])c1. The molecule has 132 valence electrons. The van der Waals surface area contributed by atoms with Crippen molar-refractivity contribution in [3.05, 3.63) is 62.5 Å². The van der Waals surface area contributed by atoms with Gasteiger partial charge < -0.3 is 15.2 Å². The number of hydrogen-bond donors (Lipinski definition) is 2. The second-order valence-electron chi connectivity index (χ2n) is 5.51. The van der Waals surface area contributed by atoms with Crippen LogP contribution >= 0.6 is 0 Å². The van der Waals surface area contributed by atoms with E-state index in [4.69, 9.17) is 4.74 Å². The van der Waals surface area contributed by atoms with Crippen LogP contribution in [0.3, 0.4) is 0 Å². The molecule has 1 aliphatic heterocycles. The number of hydrogen-bond acceptors (Lipinski definition) is 6. The van der Waals surface area contributed by atoms with Gasteiger partial charge in [-0.15, -0.1) is 0 Å². The van der Waals surface area contributed by atoms with Crippen molar-refractivity contribution < 1.29 is 24.4 Å². The number of aliphatic carboxylic acids is 1. The molecule has 1 heterocycles. The molecule has 0 saturated carbocycles. The highest BCUT2D eigenvalue weighted by Crippen LogP contribution is 2.39. The summed E-state index contributed by atoms with van der Waals surface area (Å²) in [6, 6.07) is 5.61. The number of nitro groups is 1. The predicted molar refractivity (Wildman–Crippen MR) is 88.6 cm³/mol. The highest BCUT2D eigenvalue weighted by molar-refractivity contribution is 5.99. The topological polar surface area (TPSA) is 119 Å². The van der Waals surface area contributed by atoms with Gasteiger partial charge in [0.2, 0.25) is 0 Å². The van der Waals surface area contributed by atoms with Crippen LogP contribution in [0.1, 0.15) is 32.3 Å². The number of non-ortho nitro benzene ring substituents is 1. The molecule has 1 aliphatic rings. The van der Waals surface area contributed by atoms with Crippen molar-refractivity contribution in [1.29, 1.82) is 0 Å². The van der Waals surface area contributed by atoms with Gasteiger partial charge in [-0.05, 0) is 26.3 Å². The Morgan fingerprint density at radius 3 is 2.48 bits per heavy atom. The van der Waals surface area contributed by atoms with E-state index in [1.807, 2.05) is 0 Å². The monoisotopic (exact) mass is 346 g/mol. The molecule has 0 aliphatic carbocycles. The third-order valence-electron chi connectivity index (χ3n) is 3.90. The summed E-state index contributed by atoms with van der Waals surface area (Å²) < 4.78 is 5.06. The van der Waals surface area contributed by atoms with Crippen molar-refractivity contribution in [3.8, 4) is 0 Å². The number of benzene rings is 1. The Morgan fingerprint density at radius 1 is 1.28 bits per heavy atom. The van der Waals surface area contributed by atoms with E-state index in [0.29, 0.717) is 17.0 Å². The van der Waals surface area contributed by atoms with E-state index in [1.165, 1.54) is 18.2 Å². The van der Waals surface area contributed by atoms with Crippen molar-refractivity contribution in [2.24, 2.45) is 0 Å². The third kappa shape index (κ3) is 3.52. The second kappa shape index (κ2) is 7.16. The highest BCUT2D eigenvalue weighted by atomic mass is 16.6. The number of allylic oxidation sites excluding steroid dienone is 2. The van der Waals surface area contributed by atoms with Crippen LogP contribution < -0.4 is 5.32 Å². The van der Waals surface area contributed by atoms with Crippen molar-refractivity contribution in [2.45, 2.75) is 26.7 Å². The summed E-state index contributed by atoms with van der Waals surface area (Å²) in [5.74, 6) is -2.83. The van der Waals surface area contributed by atoms with E-state index >= 15 is 0 Å². The first-order valence-electron chi connectivity index (χ1n) is 7.61. The maximum absolute atomic E-state index is 12.4. The minimum Gasteiger partial charge on any atom is -0.478 e. The zero-order valence-corrected chi connectivity index (χ0v) is 14.0. The minimum atomic E-state index is -1.21. The molecule has 0 saturated heterocycles. The Morgan fingerprint density at radius 2 is 1.92 bits per heavy atom. The van der Waals surface area contributed by atoms with Gasteiger partial charge in [0, 0.05) is 23.5 Å². The molecular formula is C17H18N2O6. The molecule has 8 nitrogen and oxygen atoms in total. The fraction of sp³-hybridized carbons (Fsp3) is 0.294. The van der Waals surface area contributed by atoms with E-state index in [-0.39, 0.29) is 23.4 Å². The molecule has 0 spiro atoms.